The number of hydrogen-bond acceptors (Lipinski definition) is 2. The van der Waals surface area contributed by atoms with Gasteiger partial charge in [-0.2, -0.15) is 0 Å². The molecule has 2 nitrogen and oxygen atoms in total. The van der Waals surface area contributed by atoms with E-state index in [1.54, 1.807) is 7.11 Å². The maximum atomic E-state index is 5.18. The molecule has 0 aliphatic rings. The number of methoxy groups -OCH3 is 1. The molecule has 0 heterocycles. The maximum absolute atomic E-state index is 5.18. The molecule has 90 valence electrons. The van der Waals surface area contributed by atoms with Gasteiger partial charge in [0.1, 0.15) is 5.75 Å². The Morgan fingerprint density at radius 1 is 1.19 bits per heavy atom. The first-order chi connectivity index (χ1) is 7.69. The van der Waals surface area contributed by atoms with E-state index in [1.807, 2.05) is 12.1 Å². The van der Waals surface area contributed by atoms with Gasteiger partial charge in [-0.1, -0.05) is 31.9 Å². The van der Waals surface area contributed by atoms with Crippen molar-refractivity contribution in [2.45, 2.75) is 32.2 Å². The lowest BCUT2D eigenvalue weighted by atomic mass is 10.0. The second kappa shape index (κ2) is 6.54. The summed E-state index contributed by atoms with van der Waals surface area (Å²) in [5, 5.41) is 0. The van der Waals surface area contributed by atoms with Crippen LogP contribution >= 0.6 is 0 Å². The van der Waals surface area contributed by atoms with Crippen LogP contribution in [-0.4, -0.2) is 26.1 Å². The van der Waals surface area contributed by atoms with Crippen LogP contribution in [0.5, 0.6) is 5.75 Å². The second-order valence-corrected chi connectivity index (χ2v) is 4.39. The Labute approximate surface area is 99.2 Å². The van der Waals surface area contributed by atoms with Gasteiger partial charge in [-0.25, -0.2) is 0 Å². The van der Waals surface area contributed by atoms with Gasteiger partial charge in [-0.3, -0.25) is 0 Å². The molecule has 0 aliphatic heterocycles. The molecule has 1 aromatic rings. The first-order valence-corrected chi connectivity index (χ1v) is 5.99. The van der Waals surface area contributed by atoms with Crippen molar-refractivity contribution in [3.8, 4) is 5.75 Å². The van der Waals surface area contributed by atoms with Crippen LogP contribution in [0.4, 0.5) is 0 Å². The van der Waals surface area contributed by atoms with E-state index in [0.717, 1.165) is 5.75 Å². The summed E-state index contributed by atoms with van der Waals surface area (Å²) >= 11 is 0. The molecule has 16 heavy (non-hydrogen) atoms. The molecule has 0 amide bonds. The number of rotatable bonds is 6. The van der Waals surface area contributed by atoms with Crippen molar-refractivity contribution in [1.29, 1.82) is 0 Å². The van der Waals surface area contributed by atoms with Crippen LogP contribution in [0.25, 0.3) is 0 Å². The zero-order chi connectivity index (χ0) is 12.0. The van der Waals surface area contributed by atoms with E-state index < -0.39 is 0 Å². The van der Waals surface area contributed by atoms with E-state index in [-0.39, 0.29) is 0 Å². The largest absolute Gasteiger partial charge is 0.497 e. The van der Waals surface area contributed by atoms with E-state index in [4.69, 9.17) is 4.74 Å². The molecule has 0 radical (unpaired) electrons. The van der Waals surface area contributed by atoms with E-state index in [2.05, 4.69) is 38.1 Å². The first-order valence-electron chi connectivity index (χ1n) is 5.99. The number of hydrogen-bond donors (Lipinski definition) is 0. The number of unbranched alkanes of at least 4 members (excludes halogenated alkanes) is 1. The quantitative estimate of drug-likeness (QED) is 0.729. The lowest BCUT2D eigenvalue weighted by Gasteiger charge is -2.24. The number of nitrogens with zero attached hydrogens (tertiary/aromatic N) is 1. The van der Waals surface area contributed by atoms with Gasteiger partial charge in [-0.15, -0.1) is 0 Å². The van der Waals surface area contributed by atoms with Crippen molar-refractivity contribution in [1.82, 2.24) is 4.90 Å². The highest BCUT2D eigenvalue weighted by atomic mass is 16.5. The Bertz CT molecular complexity index is 292. The predicted molar refractivity (Wildman–Crippen MR) is 68.9 cm³/mol. The fraction of sp³-hybridized carbons (Fsp3) is 0.571. The Hall–Kier alpha value is -1.02. The molecule has 0 aliphatic carbocycles. The number of benzene rings is 1. The van der Waals surface area contributed by atoms with Crippen molar-refractivity contribution in [2.24, 2.45) is 0 Å². The molecule has 0 aromatic heterocycles. The summed E-state index contributed by atoms with van der Waals surface area (Å²) in [5.41, 5.74) is 1.37. The molecule has 0 spiro atoms. The minimum atomic E-state index is 0.519. The topological polar surface area (TPSA) is 12.5 Å². The molecule has 0 saturated heterocycles. The highest BCUT2D eigenvalue weighted by Gasteiger charge is 2.12. The van der Waals surface area contributed by atoms with Gasteiger partial charge in [0.25, 0.3) is 0 Å². The summed E-state index contributed by atoms with van der Waals surface area (Å²) in [6.45, 7) is 2.24. The van der Waals surface area contributed by atoms with Crippen LogP contribution < -0.4 is 4.74 Å². The molecule has 0 N–H and O–H groups in total. The smallest absolute Gasteiger partial charge is 0.118 e. The summed E-state index contributed by atoms with van der Waals surface area (Å²) in [5.74, 6) is 0.928. The van der Waals surface area contributed by atoms with E-state index in [1.165, 1.54) is 24.8 Å². The highest BCUT2D eigenvalue weighted by molar-refractivity contribution is 5.29. The third-order valence-corrected chi connectivity index (χ3v) is 2.96. The van der Waals surface area contributed by atoms with E-state index in [9.17, 15) is 0 Å². The van der Waals surface area contributed by atoms with Crippen LogP contribution in [0.2, 0.25) is 0 Å². The second-order valence-electron chi connectivity index (χ2n) is 4.39. The summed E-state index contributed by atoms with van der Waals surface area (Å²) in [7, 11) is 5.99. The van der Waals surface area contributed by atoms with Gasteiger partial charge in [0.15, 0.2) is 0 Å². The Morgan fingerprint density at radius 2 is 1.81 bits per heavy atom. The third kappa shape index (κ3) is 3.53. The Balaban J connectivity index is 2.75. The SMILES string of the molecule is CCCCC(c1ccc(OC)cc1)N(C)C. The molecule has 1 aromatic carbocycles. The summed E-state index contributed by atoms with van der Waals surface area (Å²) in [4.78, 5) is 2.29. The summed E-state index contributed by atoms with van der Waals surface area (Å²) < 4.78 is 5.18. The molecule has 0 fully saturated rings. The summed E-state index contributed by atoms with van der Waals surface area (Å²) in [6.07, 6.45) is 3.74. The zero-order valence-electron chi connectivity index (χ0n) is 10.9. The minimum Gasteiger partial charge on any atom is -0.497 e. The van der Waals surface area contributed by atoms with E-state index in [0.29, 0.717) is 6.04 Å². The van der Waals surface area contributed by atoms with Gasteiger partial charge in [0.2, 0.25) is 0 Å². The zero-order valence-corrected chi connectivity index (χ0v) is 10.9. The normalized spacial score (nSPS) is 12.8. The third-order valence-electron chi connectivity index (χ3n) is 2.96. The molecule has 1 atom stereocenters. The van der Waals surface area contributed by atoms with Crippen molar-refractivity contribution >= 4 is 0 Å². The van der Waals surface area contributed by atoms with Crippen LogP contribution in [0.3, 0.4) is 0 Å². The lowest BCUT2D eigenvalue weighted by Crippen LogP contribution is -2.19. The van der Waals surface area contributed by atoms with Crippen molar-refractivity contribution < 1.29 is 4.74 Å². The van der Waals surface area contributed by atoms with Gasteiger partial charge >= 0.3 is 0 Å². The average molecular weight is 221 g/mol. The molecule has 2 heteroatoms. The molecule has 1 unspecified atom stereocenters. The Morgan fingerprint density at radius 3 is 2.25 bits per heavy atom. The molecular formula is C14H23NO. The van der Waals surface area contributed by atoms with Crippen molar-refractivity contribution in [3.05, 3.63) is 29.8 Å². The van der Waals surface area contributed by atoms with E-state index >= 15 is 0 Å². The van der Waals surface area contributed by atoms with Crippen LogP contribution in [-0.2, 0) is 0 Å². The van der Waals surface area contributed by atoms with Crippen LogP contribution in [0.15, 0.2) is 24.3 Å². The van der Waals surface area contributed by atoms with Gasteiger partial charge in [0, 0.05) is 6.04 Å². The fourth-order valence-electron chi connectivity index (χ4n) is 1.95. The Kier molecular flexibility index (Phi) is 5.33. The van der Waals surface area contributed by atoms with Crippen molar-refractivity contribution in [2.75, 3.05) is 21.2 Å². The monoisotopic (exact) mass is 221 g/mol. The van der Waals surface area contributed by atoms with Gasteiger partial charge < -0.3 is 9.64 Å². The standard InChI is InChI=1S/C14H23NO/c1-5-6-7-14(15(2)3)12-8-10-13(16-4)11-9-12/h8-11,14H,5-7H2,1-4H3. The molecule has 0 saturated carbocycles. The fourth-order valence-corrected chi connectivity index (χ4v) is 1.95. The number of ether oxygens (including phenoxy) is 1. The van der Waals surface area contributed by atoms with Gasteiger partial charge in [0.05, 0.1) is 7.11 Å². The molecule has 0 bridgehead atoms. The molecule has 1 rings (SSSR count). The van der Waals surface area contributed by atoms with Crippen LogP contribution in [0.1, 0.15) is 37.8 Å². The minimum absolute atomic E-state index is 0.519. The maximum Gasteiger partial charge on any atom is 0.118 e. The lowest BCUT2D eigenvalue weighted by molar-refractivity contribution is 0.278. The predicted octanol–water partition coefficient (Wildman–Crippen LogP) is 3.49. The highest BCUT2D eigenvalue weighted by Crippen LogP contribution is 2.25. The molecular weight excluding hydrogens is 198 g/mol. The van der Waals surface area contributed by atoms with Crippen LogP contribution in [0, 0.1) is 0 Å². The first kappa shape index (κ1) is 13.0. The summed E-state index contributed by atoms with van der Waals surface area (Å²) in [6, 6.07) is 8.93. The average Bonchev–Trinajstić information content (AvgIpc) is 2.30. The van der Waals surface area contributed by atoms with Gasteiger partial charge in [-0.05, 0) is 38.2 Å². The van der Waals surface area contributed by atoms with Crippen molar-refractivity contribution in [3.63, 3.8) is 0 Å².